The van der Waals surface area contributed by atoms with E-state index in [1.807, 2.05) is 31.2 Å². The molecule has 2 aromatic heterocycles. The number of aromatic nitrogens is 3. The monoisotopic (exact) mass is 409 g/mol. The topological polar surface area (TPSA) is 84.6 Å². The molecule has 3 heterocycles. The van der Waals surface area contributed by atoms with Crippen molar-refractivity contribution in [2.24, 2.45) is 0 Å². The Labute approximate surface area is 187 Å². The van der Waals surface area contributed by atoms with Crippen LogP contribution in [0.1, 0.15) is 11.3 Å². The van der Waals surface area contributed by atoms with Gasteiger partial charge in [0.2, 0.25) is 0 Å². The Balaban J connectivity index is 0.00000225. The van der Waals surface area contributed by atoms with Crippen LogP contribution in [0.2, 0.25) is 0 Å². The molecule has 0 radical (unpaired) electrons. The second-order valence-corrected chi connectivity index (χ2v) is 7.59. The van der Waals surface area contributed by atoms with Gasteiger partial charge >= 0.3 is 29.6 Å². The van der Waals surface area contributed by atoms with Crippen molar-refractivity contribution in [2.75, 3.05) is 26.4 Å². The Morgan fingerprint density at radius 2 is 2.14 bits per heavy atom. The normalized spacial score (nSPS) is 17.8. The smallest absolute Gasteiger partial charge is 0.490 e. The minimum atomic E-state index is -1.38. The summed E-state index contributed by atoms with van der Waals surface area (Å²) in [5.74, 6) is 0.947. The van der Waals surface area contributed by atoms with Crippen LogP contribution in [0.4, 0.5) is 0 Å². The number of imidazole rings is 1. The third kappa shape index (κ3) is 5.00. The van der Waals surface area contributed by atoms with Crippen LogP contribution in [0.3, 0.4) is 0 Å². The van der Waals surface area contributed by atoms with Gasteiger partial charge in [-0.2, -0.15) is 0 Å². The molecule has 2 unspecified atom stereocenters. The molecule has 4 rings (SSSR count). The Hall–Kier alpha value is -1.29. The molecular formula is C19H20N3NaO4S. The van der Waals surface area contributed by atoms with Gasteiger partial charge in [-0.25, -0.2) is 0 Å². The second kappa shape index (κ2) is 9.96. The van der Waals surface area contributed by atoms with Crippen LogP contribution in [-0.4, -0.2) is 46.7 Å². The number of ether oxygens (including phenoxy) is 3. The van der Waals surface area contributed by atoms with E-state index in [0.29, 0.717) is 43.0 Å². The molecule has 1 fully saturated rings. The molecule has 0 amide bonds. The number of hydrogen-bond acceptors (Lipinski definition) is 6. The van der Waals surface area contributed by atoms with Gasteiger partial charge in [-0.1, -0.05) is 24.3 Å². The molecule has 3 aromatic rings. The predicted octanol–water partition coefficient (Wildman–Crippen LogP) is -0.999. The molecule has 142 valence electrons. The van der Waals surface area contributed by atoms with Gasteiger partial charge in [-0.05, 0) is 24.0 Å². The van der Waals surface area contributed by atoms with Gasteiger partial charge in [0.1, 0.15) is 18.5 Å². The zero-order valence-corrected chi connectivity index (χ0v) is 18.8. The summed E-state index contributed by atoms with van der Waals surface area (Å²) in [4.78, 5) is 13.1. The molecule has 1 aliphatic rings. The molecule has 0 bridgehead atoms. The molecule has 2 atom stereocenters. The fraction of sp³-hybridized carbons (Fsp3) is 0.368. The first-order valence-corrected chi connectivity index (χ1v) is 10.1. The minimum absolute atomic E-state index is 0. The van der Waals surface area contributed by atoms with E-state index in [1.165, 1.54) is 0 Å². The maximum atomic E-state index is 12.7. The van der Waals surface area contributed by atoms with Gasteiger partial charge < -0.3 is 24.2 Å². The molecule has 9 heteroatoms. The second-order valence-electron chi connectivity index (χ2n) is 6.24. The molecule has 0 N–H and O–H groups in total. The van der Waals surface area contributed by atoms with Crippen LogP contribution in [-0.2, 0) is 26.0 Å². The van der Waals surface area contributed by atoms with Gasteiger partial charge in [0.15, 0.2) is 0 Å². The number of hydrogen-bond donors (Lipinski definition) is 0. The average Bonchev–Trinajstić information content (AvgIpc) is 3.14. The number of para-hydroxylation sites is 2. The zero-order valence-electron chi connectivity index (χ0n) is 16.0. The van der Waals surface area contributed by atoms with E-state index in [0.717, 1.165) is 16.6 Å². The molecular weight excluding hydrogens is 389 g/mol. The van der Waals surface area contributed by atoms with Crippen molar-refractivity contribution in [3.05, 3.63) is 47.8 Å². The number of rotatable bonds is 6. The van der Waals surface area contributed by atoms with E-state index in [-0.39, 0.29) is 41.4 Å². The van der Waals surface area contributed by atoms with E-state index in [2.05, 4.69) is 15.0 Å². The van der Waals surface area contributed by atoms with Crippen molar-refractivity contribution in [3.8, 4) is 5.75 Å². The van der Waals surface area contributed by atoms with E-state index < -0.39 is 10.8 Å². The summed E-state index contributed by atoms with van der Waals surface area (Å²) in [6.45, 7) is 4.06. The van der Waals surface area contributed by atoms with E-state index in [9.17, 15) is 4.21 Å². The summed E-state index contributed by atoms with van der Waals surface area (Å²) in [6.07, 6.45) is 1.59. The molecule has 1 aliphatic heterocycles. The average molecular weight is 409 g/mol. The Morgan fingerprint density at radius 3 is 2.93 bits per heavy atom. The number of fused-ring (bicyclic) bond motifs is 1. The molecule has 1 saturated heterocycles. The van der Waals surface area contributed by atoms with Crippen molar-refractivity contribution in [2.45, 2.75) is 23.9 Å². The number of pyridine rings is 1. The number of nitrogens with zero attached hydrogens (tertiary/aromatic N) is 3. The van der Waals surface area contributed by atoms with Gasteiger partial charge in [0, 0.05) is 16.9 Å². The zero-order chi connectivity index (χ0) is 18.6. The first kappa shape index (κ1) is 21.4. The number of benzene rings is 1. The third-order valence-electron chi connectivity index (χ3n) is 4.35. The first-order chi connectivity index (χ1) is 13.2. The van der Waals surface area contributed by atoms with Crippen LogP contribution < -0.4 is 39.3 Å². The van der Waals surface area contributed by atoms with E-state index in [4.69, 9.17) is 14.2 Å². The van der Waals surface area contributed by atoms with Gasteiger partial charge in [0.05, 0.1) is 42.1 Å². The van der Waals surface area contributed by atoms with Crippen molar-refractivity contribution < 1.29 is 48.0 Å². The molecule has 7 nitrogen and oxygen atoms in total. The summed E-state index contributed by atoms with van der Waals surface area (Å²) >= 11 is 0. The summed E-state index contributed by atoms with van der Waals surface area (Å²) in [5.41, 5.74) is 3.06. The predicted molar refractivity (Wildman–Crippen MR) is 100 cm³/mol. The van der Waals surface area contributed by atoms with Crippen LogP contribution in [0.25, 0.3) is 11.0 Å². The molecule has 0 aliphatic carbocycles. The quantitative estimate of drug-likeness (QED) is 0.483. The van der Waals surface area contributed by atoms with Crippen LogP contribution in [0.5, 0.6) is 5.75 Å². The minimum Gasteiger partial charge on any atom is -0.490 e. The summed E-state index contributed by atoms with van der Waals surface area (Å²) in [5, 5.41) is 0.330. The summed E-state index contributed by atoms with van der Waals surface area (Å²) < 4.78 is 29.6. The largest absolute Gasteiger partial charge is 1.00 e. The molecule has 28 heavy (non-hydrogen) atoms. The standard InChI is InChI=1S/C19H20N3O4S.Na/c1-13-17(12-27(23)19-21-15-4-2-3-5-16(15)22-19)20-7-6-18(13)26-11-14-10-24-8-9-25-14;/h2-7,14H,8-12H2,1H3;/q-1;+1. The third-order valence-corrected chi connectivity index (χ3v) is 5.48. The van der Waals surface area contributed by atoms with Gasteiger partial charge in [-0.15, -0.1) is 0 Å². The van der Waals surface area contributed by atoms with Crippen molar-refractivity contribution in [3.63, 3.8) is 0 Å². The maximum Gasteiger partial charge on any atom is 1.00 e. The van der Waals surface area contributed by atoms with E-state index >= 15 is 0 Å². The summed E-state index contributed by atoms with van der Waals surface area (Å²) in [6, 6.07) is 9.30. The van der Waals surface area contributed by atoms with Crippen LogP contribution in [0.15, 0.2) is 41.7 Å². The molecule has 0 saturated carbocycles. The van der Waals surface area contributed by atoms with Gasteiger partial charge in [-0.3, -0.25) is 9.19 Å². The van der Waals surface area contributed by atoms with Crippen LogP contribution >= 0.6 is 0 Å². The van der Waals surface area contributed by atoms with Crippen LogP contribution in [0, 0.1) is 6.92 Å². The van der Waals surface area contributed by atoms with E-state index in [1.54, 1.807) is 12.3 Å². The molecule has 1 aromatic carbocycles. The maximum absolute atomic E-state index is 12.7. The first-order valence-electron chi connectivity index (χ1n) is 8.75. The fourth-order valence-corrected chi connectivity index (χ4v) is 3.92. The van der Waals surface area contributed by atoms with Crippen molar-refractivity contribution in [1.82, 2.24) is 15.0 Å². The fourth-order valence-electron chi connectivity index (χ4n) is 2.85. The molecule has 0 spiro atoms. The summed E-state index contributed by atoms with van der Waals surface area (Å²) in [7, 11) is -1.38. The Bertz CT molecular complexity index is 926. The Morgan fingerprint density at radius 1 is 1.29 bits per heavy atom. The van der Waals surface area contributed by atoms with Gasteiger partial charge in [0.25, 0.3) is 0 Å². The SMILES string of the molecule is Cc1c(OCC2COCCO2)ccnc1CS(=O)c1nc2ccccc2[n-]1.[Na+]. The Kier molecular flexibility index (Phi) is 7.62. The van der Waals surface area contributed by atoms with Crippen molar-refractivity contribution >= 4 is 21.8 Å². The van der Waals surface area contributed by atoms with Crippen molar-refractivity contribution in [1.29, 1.82) is 0 Å².